The molecule has 2 saturated carbocycles. The highest BCUT2D eigenvalue weighted by Crippen LogP contribution is 2.47. The van der Waals surface area contributed by atoms with Crippen LogP contribution in [0.2, 0.25) is 0 Å². The van der Waals surface area contributed by atoms with Gasteiger partial charge in [0, 0.05) is 34.2 Å². The fourth-order valence-corrected chi connectivity index (χ4v) is 8.86. The quantitative estimate of drug-likeness (QED) is 0.229. The number of fused-ring (bicyclic) bond motifs is 2. The summed E-state index contributed by atoms with van der Waals surface area (Å²) >= 11 is 0. The van der Waals surface area contributed by atoms with Crippen LogP contribution in [0.25, 0.3) is 0 Å². The normalized spacial score (nSPS) is 28.3. The van der Waals surface area contributed by atoms with Crippen LogP contribution in [-0.2, 0) is 9.53 Å². The lowest BCUT2D eigenvalue weighted by Crippen LogP contribution is -2.57. The van der Waals surface area contributed by atoms with E-state index in [0.29, 0.717) is 23.8 Å². The highest BCUT2D eigenvalue weighted by atomic mass is 16.5. The molecule has 6 heteroatoms. The van der Waals surface area contributed by atoms with E-state index in [2.05, 4.69) is 41.5 Å². The van der Waals surface area contributed by atoms with Gasteiger partial charge in [-0.1, -0.05) is 90.1 Å². The monoisotopic (exact) mass is 650 g/mol. The van der Waals surface area contributed by atoms with Gasteiger partial charge in [0.1, 0.15) is 0 Å². The van der Waals surface area contributed by atoms with Gasteiger partial charge >= 0.3 is 0 Å². The van der Waals surface area contributed by atoms with Gasteiger partial charge in [-0.15, -0.1) is 0 Å². The van der Waals surface area contributed by atoms with Crippen molar-refractivity contribution in [1.82, 2.24) is 0 Å². The first-order valence-electron chi connectivity index (χ1n) is 18.0. The number of ether oxygens (including phenoxy) is 1. The molecule has 254 valence electrons. The Morgan fingerprint density at radius 3 is 1.50 bits per heavy atom. The number of benzene rings is 2. The lowest BCUT2D eigenvalue weighted by Gasteiger charge is -2.42. The molecule has 0 saturated heterocycles. The third-order valence-electron chi connectivity index (χ3n) is 12.0. The van der Waals surface area contributed by atoms with Gasteiger partial charge in [0.25, 0.3) is 5.78 Å². The first-order chi connectivity index (χ1) is 22.6. The van der Waals surface area contributed by atoms with E-state index in [-0.39, 0.29) is 62.9 Å². The van der Waals surface area contributed by atoms with Gasteiger partial charge in [-0.3, -0.25) is 24.0 Å². The van der Waals surface area contributed by atoms with Crippen LogP contribution in [0.1, 0.15) is 147 Å². The molecule has 2 fully saturated rings. The van der Waals surface area contributed by atoms with Crippen LogP contribution in [0.5, 0.6) is 0 Å². The molecule has 0 aromatic heterocycles. The van der Waals surface area contributed by atoms with Gasteiger partial charge < -0.3 is 4.74 Å². The Kier molecular flexibility index (Phi) is 9.02. The number of Topliss-reactive ketones (excluding diaryl/α,β-unsaturated/α-hetero) is 5. The van der Waals surface area contributed by atoms with Crippen molar-refractivity contribution in [3.63, 3.8) is 0 Å². The van der Waals surface area contributed by atoms with Crippen molar-refractivity contribution in [2.75, 3.05) is 0 Å². The minimum Gasteiger partial charge on any atom is -0.466 e. The Bertz CT molecular complexity index is 1680. The van der Waals surface area contributed by atoms with Crippen LogP contribution in [0.4, 0.5) is 0 Å². The molecule has 48 heavy (non-hydrogen) atoms. The predicted molar refractivity (Wildman–Crippen MR) is 185 cm³/mol. The molecule has 0 heterocycles. The van der Waals surface area contributed by atoms with Crippen molar-refractivity contribution < 1.29 is 28.7 Å². The van der Waals surface area contributed by atoms with E-state index in [1.165, 1.54) is 6.07 Å². The maximum absolute atomic E-state index is 14.6. The smallest absolute Gasteiger partial charge is 0.254 e. The van der Waals surface area contributed by atoms with E-state index in [9.17, 15) is 24.0 Å². The predicted octanol–water partition coefficient (Wildman–Crippen LogP) is 9.21. The van der Waals surface area contributed by atoms with Crippen molar-refractivity contribution in [3.05, 3.63) is 82.1 Å². The average Bonchev–Trinajstić information content (AvgIpc) is 3.06. The summed E-state index contributed by atoms with van der Waals surface area (Å²) in [7, 11) is 0. The standard InChI is InChI=1S/C42H50O6/c1-40(2,3)27-19-15-25(16-20-27)23-33-34(43)29-11-7-8-12-30(29)35(44)37(33)48-42(24-26-17-21-28(22-18-26)41(4,5)6)38(46)32-14-10-9-13-31(32)36(45)39(42)47/h7-14,25-28H,15-24H2,1-6H3. The first kappa shape index (κ1) is 34.2. The minimum absolute atomic E-state index is 0.00179. The highest BCUT2D eigenvalue weighted by molar-refractivity contribution is 6.55. The Balaban J connectivity index is 1.42. The zero-order chi connectivity index (χ0) is 34.6. The van der Waals surface area contributed by atoms with Crippen molar-refractivity contribution in [2.45, 2.75) is 111 Å². The molecular weight excluding hydrogens is 600 g/mol. The van der Waals surface area contributed by atoms with Crippen LogP contribution in [0.3, 0.4) is 0 Å². The summed E-state index contributed by atoms with van der Waals surface area (Å²) in [6.07, 6.45) is 7.63. The molecule has 0 aliphatic heterocycles. The van der Waals surface area contributed by atoms with Gasteiger partial charge in [-0.05, 0) is 92.3 Å². The summed E-state index contributed by atoms with van der Waals surface area (Å²) in [6.45, 7) is 13.5. The molecule has 6 rings (SSSR count). The number of allylic oxidation sites excluding steroid dienone is 2. The van der Waals surface area contributed by atoms with Crippen molar-refractivity contribution in [1.29, 1.82) is 0 Å². The molecule has 0 bridgehead atoms. The summed E-state index contributed by atoms with van der Waals surface area (Å²) in [5.74, 6) is -2.20. The van der Waals surface area contributed by atoms with Crippen molar-refractivity contribution >= 4 is 28.9 Å². The van der Waals surface area contributed by atoms with E-state index >= 15 is 0 Å². The Morgan fingerprint density at radius 2 is 1.00 bits per heavy atom. The molecule has 4 aliphatic carbocycles. The maximum Gasteiger partial charge on any atom is 0.254 e. The third-order valence-corrected chi connectivity index (χ3v) is 12.0. The highest BCUT2D eigenvalue weighted by Gasteiger charge is 2.58. The fourth-order valence-electron chi connectivity index (χ4n) is 8.86. The molecule has 0 amide bonds. The van der Waals surface area contributed by atoms with Gasteiger partial charge in [-0.2, -0.15) is 0 Å². The minimum atomic E-state index is -2.21. The molecule has 2 aromatic rings. The average molecular weight is 651 g/mol. The zero-order valence-electron chi connectivity index (χ0n) is 29.4. The van der Waals surface area contributed by atoms with E-state index in [1.807, 2.05) is 0 Å². The van der Waals surface area contributed by atoms with Crippen LogP contribution >= 0.6 is 0 Å². The fraction of sp³-hybridized carbons (Fsp3) is 0.548. The third kappa shape index (κ3) is 6.16. The second-order valence-electron chi connectivity index (χ2n) is 17.0. The lowest BCUT2D eigenvalue weighted by atomic mass is 9.66. The van der Waals surface area contributed by atoms with Gasteiger partial charge in [0.2, 0.25) is 23.0 Å². The topological polar surface area (TPSA) is 94.6 Å². The van der Waals surface area contributed by atoms with E-state index < -0.39 is 28.7 Å². The SMILES string of the molecule is CC(C)(C)C1CCC(CC2=C(OC3(CC4CCC(C(C)(C)C)CC4)C(=O)C(=O)c4ccccc4C3=O)C(=O)c3ccccc3C2=O)CC1. The summed E-state index contributed by atoms with van der Waals surface area (Å²) < 4.78 is 6.63. The van der Waals surface area contributed by atoms with Crippen LogP contribution in [-0.4, -0.2) is 34.5 Å². The number of carbonyl (C=O) groups excluding carboxylic acids is 5. The molecule has 0 N–H and O–H groups in total. The first-order valence-corrected chi connectivity index (χ1v) is 18.0. The Labute approximate surface area is 285 Å². The molecule has 4 aliphatic rings. The number of hydrogen-bond donors (Lipinski definition) is 0. The van der Waals surface area contributed by atoms with Gasteiger partial charge in [-0.25, -0.2) is 0 Å². The second kappa shape index (κ2) is 12.7. The maximum atomic E-state index is 14.6. The number of rotatable bonds is 6. The molecule has 6 nitrogen and oxygen atoms in total. The zero-order valence-corrected chi connectivity index (χ0v) is 29.4. The second-order valence-corrected chi connectivity index (χ2v) is 17.0. The summed E-state index contributed by atoms with van der Waals surface area (Å²) in [5.41, 5.74) is -0.966. The molecule has 1 atom stereocenters. The summed E-state index contributed by atoms with van der Waals surface area (Å²) in [6, 6.07) is 13.0. The number of carbonyl (C=O) groups is 5. The van der Waals surface area contributed by atoms with E-state index in [0.717, 1.165) is 51.4 Å². The molecular formula is C42H50O6. The van der Waals surface area contributed by atoms with Crippen LogP contribution in [0.15, 0.2) is 59.9 Å². The van der Waals surface area contributed by atoms with Gasteiger partial charge in [0.05, 0.1) is 0 Å². The molecule has 0 radical (unpaired) electrons. The summed E-state index contributed by atoms with van der Waals surface area (Å²) in [5, 5.41) is 0. The lowest BCUT2D eigenvalue weighted by molar-refractivity contribution is -0.132. The molecule has 1 unspecified atom stereocenters. The Hall–Kier alpha value is -3.67. The van der Waals surface area contributed by atoms with Gasteiger partial charge in [0.15, 0.2) is 11.5 Å². The van der Waals surface area contributed by atoms with Crippen LogP contribution < -0.4 is 0 Å². The molecule has 2 aromatic carbocycles. The van der Waals surface area contributed by atoms with E-state index in [4.69, 9.17) is 4.74 Å². The van der Waals surface area contributed by atoms with Crippen molar-refractivity contribution in [3.8, 4) is 0 Å². The Morgan fingerprint density at radius 1 is 0.562 bits per heavy atom. The number of hydrogen-bond acceptors (Lipinski definition) is 6. The van der Waals surface area contributed by atoms with Crippen molar-refractivity contribution in [2.24, 2.45) is 34.5 Å². The van der Waals surface area contributed by atoms with Crippen LogP contribution in [0, 0.1) is 34.5 Å². The molecule has 0 spiro atoms. The summed E-state index contributed by atoms with van der Waals surface area (Å²) in [4.78, 5) is 71.3. The largest absolute Gasteiger partial charge is 0.466 e. The number of ketones is 5. The van der Waals surface area contributed by atoms with E-state index in [1.54, 1.807) is 42.5 Å².